The van der Waals surface area contributed by atoms with Gasteiger partial charge in [0, 0.05) is 35.1 Å². The Hall–Kier alpha value is -4.19. The Labute approximate surface area is 185 Å². The number of halogens is 1. The van der Waals surface area contributed by atoms with Gasteiger partial charge < -0.3 is 5.32 Å². The van der Waals surface area contributed by atoms with Gasteiger partial charge in [-0.3, -0.25) is 9.97 Å². The zero-order chi connectivity index (χ0) is 21.9. The summed E-state index contributed by atoms with van der Waals surface area (Å²) in [4.78, 5) is 18.1. The molecule has 156 valence electrons. The fourth-order valence-corrected chi connectivity index (χ4v) is 3.59. The van der Waals surface area contributed by atoms with Crippen molar-refractivity contribution >= 4 is 16.7 Å². The van der Waals surface area contributed by atoms with Crippen LogP contribution in [0.25, 0.3) is 33.4 Å². The van der Waals surface area contributed by atoms with Crippen LogP contribution < -0.4 is 5.32 Å². The Bertz CT molecular complexity index is 1390. The molecule has 6 heteroatoms. The molecular weight excluding hydrogens is 401 g/mol. The molecular formula is C26H20FN5. The van der Waals surface area contributed by atoms with Crippen LogP contribution in [-0.4, -0.2) is 19.9 Å². The summed E-state index contributed by atoms with van der Waals surface area (Å²) < 4.78 is 14.5. The van der Waals surface area contributed by atoms with Gasteiger partial charge in [-0.15, -0.1) is 0 Å². The minimum absolute atomic E-state index is 0.259. The molecule has 0 fully saturated rings. The second kappa shape index (κ2) is 8.51. The lowest BCUT2D eigenvalue weighted by Gasteiger charge is -2.12. The molecule has 32 heavy (non-hydrogen) atoms. The first-order valence-electron chi connectivity index (χ1n) is 10.3. The standard InChI is InChI=1S/C26H20FN5/c1-17-7-10-23(27)22(13-17)18-8-9-21-24(14-18)31-25(19-5-4-11-28-15-19)32-26(21)30-16-20-6-2-3-12-29-20/h2-15H,16H2,1H3,(H,30,31,32). The van der Waals surface area contributed by atoms with E-state index in [4.69, 9.17) is 9.97 Å². The van der Waals surface area contributed by atoms with E-state index in [-0.39, 0.29) is 5.82 Å². The van der Waals surface area contributed by atoms with Crippen LogP contribution in [-0.2, 0) is 6.54 Å². The lowest BCUT2D eigenvalue weighted by atomic mass is 10.0. The Morgan fingerprint density at radius 2 is 1.81 bits per heavy atom. The van der Waals surface area contributed by atoms with Crippen LogP contribution in [0.3, 0.4) is 0 Å². The molecule has 2 aromatic carbocycles. The number of nitrogens with one attached hydrogen (secondary N) is 1. The van der Waals surface area contributed by atoms with E-state index in [9.17, 15) is 4.39 Å². The predicted molar refractivity (Wildman–Crippen MR) is 124 cm³/mol. The molecule has 0 aliphatic heterocycles. The molecule has 0 bridgehead atoms. The highest BCUT2D eigenvalue weighted by Crippen LogP contribution is 2.31. The summed E-state index contributed by atoms with van der Waals surface area (Å²) in [5, 5.41) is 4.24. The molecule has 0 amide bonds. The van der Waals surface area contributed by atoms with Crippen LogP contribution in [0.2, 0.25) is 0 Å². The number of aromatic nitrogens is 4. The predicted octanol–water partition coefficient (Wildman–Crippen LogP) is 5.81. The first kappa shape index (κ1) is 19.8. The minimum Gasteiger partial charge on any atom is -0.364 e. The molecule has 0 aliphatic rings. The lowest BCUT2D eigenvalue weighted by molar-refractivity contribution is 0.631. The number of pyridine rings is 2. The molecule has 3 heterocycles. The second-order valence-electron chi connectivity index (χ2n) is 7.53. The SMILES string of the molecule is Cc1ccc(F)c(-c2ccc3c(NCc4ccccn4)nc(-c4cccnc4)nc3c2)c1. The molecule has 3 aromatic heterocycles. The van der Waals surface area contributed by atoms with Gasteiger partial charge in [0.15, 0.2) is 5.82 Å². The fraction of sp³-hybridized carbons (Fsp3) is 0.0769. The van der Waals surface area contributed by atoms with E-state index >= 15 is 0 Å². The summed E-state index contributed by atoms with van der Waals surface area (Å²) in [6, 6.07) is 20.4. The van der Waals surface area contributed by atoms with Crippen molar-refractivity contribution < 1.29 is 4.39 Å². The summed E-state index contributed by atoms with van der Waals surface area (Å²) >= 11 is 0. The minimum atomic E-state index is -0.259. The Morgan fingerprint density at radius 3 is 2.62 bits per heavy atom. The molecule has 0 saturated heterocycles. The number of benzene rings is 2. The quantitative estimate of drug-likeness (QED) is 0.388. The third-order valence-electron chi connectivity index (χ3n) is 5.21. The molecule has 0 unspecified atom stereocenters. The number of fused-ring (bicyclic) bond motifs is 1. The molecule has 5 nitrogen and oxygen atoms in total. The van der Waals surface area contributed by atoms with E-state index in [0.717, 1.165) is 33.3 Å². The maximum absolute atomic E-state index is 14.5. The van der Waals surface area contributed by atoms with Gasteiger partial charge in [0.2, 0.25) is 0 Å². The number of anilines is 1. The van der Waals surface area contributed by atoms with Gasteiger partial charge in [0.1, 0.15) is 11.6 Å². The second-order valence-corrected chi connectivity index (χ2v) is 7.53. The van der Waals surface area contributed by atoms with E-state index in [1.165, 1.54) is 6.07 Å². The van der Waals surface area contributed by atoms with Gasteiger partial charge in [-0.25, -0.2) is 14.4 Å². The first-order chi connectivity index (χ1) is 15.7. The van der Waals surface area contributed by atoms with E-state index in [1.54, 1.807) is 24.7 Å². The van der Waals surface area contributed by atoms with Crippen molar-refractivity contribution in [2.75, 3.05) is 5.32 Å². The molecule has 5 aromatic rings. The average molecular weight is 421 g/mol. The normalized spacial score (nSPS) is 10.9. The summed E-state index contributed by atoms with van der Waals surface area (Å²) in [6.45, 7) is 2.47. The maximum atomic E-state index is 14.5. The molecule has 0 spiro atoms. The third-order valence-corrected chi connectivity index (χ3v) is 5.21. The van der Waals surface area contributed by atoms with Gasteiger partial charge in [-0.2, -0.15) is 0 Å². The molecule has 5 rings (SSSR count). The van der Waals surface area contributed by atoms with Gasteiger partial charge in [0.05, 0.1) is 17.8 Å². The van der Waals surface area contributed by atoms with Gasteiger partial charge in [-0.1, -0.05) is 23.8 Å². The van der Waals surface area contributed by atoms with Crippen molar-refractivity contribution in [1.29, 1.82) is 0 Å². The smallest absolute Gasteiger partial charge is 0.163 e. The summed E-state index contributed by atoms with van der Waals surface area (Å²) in [5.74, 6) is 0.983. The van der Waals surface area contributed by atoms with Crippen molar-refractivity contribution in [3.63, 3.8) is 0 Å². The lowest BCUT2D eigenvalue weighted by Crippen LogP contribution is -2.05. The Balaban J connectivity index is 1.63. The highest BCUT2D eigenvalue weighted by Gasteiger charge is 2.13. The number of hydrogen-bond acceptors (Lipinski definition) is 5. The number of hydrogen-bond donors (Lipinski definition) is 1. The van der Waals surface area contributed by atoms with Gasteiger partial charge >= 0.3 is 0 Å². The molecule has 0 aliphatic carbocycles. The maximum Gasteiger partial charge on any atom is 0.163 e. The number of rotatable bonds is 5. The van der Waals surface area contributed by atoms with Gasteiger partial charge in [-0.05, 0) is 61.0 Å². The Morgan fingerprint density at radius 1 is 0.875 bits per heavy atom. The third kappa shape index (κ3) is 4.03. The van der Waals surface area contributed by atoms with E-state index < -0.39 is 0 Å². The average Bonchev–Trinajstić information content (AvgIpc) is 2.84. The van der Waals surface area contributed by atoms with Crippen molar-refractivity contribution in [2.45, 2.75) is 13.5 Å². The monoisotopic (exact) mass is 421 g/mol. The summed E-state index contributed by atoms with van der Waals surface area (Å²) in [7, 11) is 0. The van der Waals surface area contributed by atoms with Crippen LogP contribution in [0, 0.1) is 12.7 Å². The van der Waals surface area contributed by atoms with Crippen LogP contribution in [0.4, 0.5) is 10.2 Å². The zero-order valence-electron chi connectivity index (χ0n) is 17.5. The number of aryl methyl sites for hydroxylation is 1. The van der Waals surface area contributed by atoms with Crippen molar-refractivity contribution in [3.8, 4) is 22.5 Å². The van der Waals surface area contributed by atoms with Gasteiger partial charge in [0.25, 0.3) is 0 Å². The Kier molecular flexibility index (Phi) is 5.25. The largest absolute Gasteiger partial charge is 0.364 e. The van der Waals surface area contributed by atoms with Crippen LogP contribution in [0.15, 0.2) is 85.3 Å². The highest BCUT2D eigenvalue weighted by molar-refractivity contribution is 5.93. The van der Waals surface area contributed by atoms with Crippen LogP contribution in [0.5, 0.6) is 0 Å². The first-order valence-corrected chi connectivity index (χ1v) is 10.3. The van der Waals surface area contributed by atoms with E-state index in [1.807, 2.05) is 61.5 Å². The highest BCUT2D eigenvalue weighted by atomic mass is 19.1. The molecule has 0 radical (unpaired) electrons. The number of nitrogens with zero attached hydrogens (tertiary/aromatic N) is 4. The van der Waals surface area contributed by atoms with Crippen LogP contribution in [0.1, 0.15) is 11.3 Å². The van der Waals surface area contributed by atoms with Crippen LogP contribution >= 0.6 is 0 Å². The fourth-order valence-electron chi connectivity index (χ4n) is 3.59. The molecule has 1 N–H and O–H groups in total. The molecule has 0 atom stereocenters. The summed E-state index contributed by atoms with van der Waals surface area (Å²) in [6.07, 6.45) is 5.20. The summed E-state index contributed by atoms with van der Waals surface area (Å²) in [5.41, 5.74) is 4.75. The van der Waals surface area contributed by atoms with E-state index in [0.29, 0.717) is 23.8 Å². The van der Waals surface area contributed by atoms with Crippen molar-refractivity contribution in [1.82, 2.24) is 19.9 Å². The zero-order valence-corrected chi connectivity index (χ0v) is 17.5. The van der Waals surface area contributed by atoms with Crippen molar-refractivity contribution in [2.24, 2.45) is 0 Å². The topological polar surface area (TPSA) is 63.6 Å². The molecule has 0 saturated carbocycles. The van der Waals surface area contributed by atoms with E-state index in [2.05, 4.69) is 15.3 Å². The van der Waals surface area contributed by atoms with Crippen molar-refractivity contribution in [3.05, 3.63) is 102 Å².